The number of hydrogen-bond donors (Lipinski definition) is 1. The Morgan fingerprint density at radius 1 is 1.26 bits per heavy atom. The van der Waals surface area contributed by atoms with E-state index in [-0.39, 0.29) is 12.5 Å². The Labute approximate surface area is 158 Å². The molecule has 0 saturated carbocycles. The molecule has 2 aromatic heterocycles. The van der Waals surface area contributed by atoms with E-state index in [0.29, 0.717) is 28.0 Å². The number of benzene rings is 1. The number of carbonyl (C=O) groups is 1. The Morgan fingerprint density at radius 2 is 2.04 bits per heavy atom. The van der Waals surface area contributed by atoms with Crippen molar-refractivity contribution < 1.29 is 9.18 Å². The average Bonchev–Trinajstić information content (AvgIpc) is 3.10. The number of unbranched alkanes of at least 4 members (excludes halogenated alkanes) is 1. The van der Waals surface area contributed by atoms with Gasteiger partial charge in [0.25, 0.3) is 5.56 Å². The molecule has 0 unspecified atom stereocenters. The Bertz CT molecular complexity index is 1110. The zero-order valence-electron chi connectivity index (χ0n) is 15.1. The third kappa shape index (κ3) is 3.71. The van der Waals surface area contributed by atoms with Crippen LogP contribution in [0.1, 0.15) is 25.3 Å². The smallest absolute Gasteiger partial charge is 0.336 e. The normalized spacial score (nSPS) is 11.1. The number of nitrogens with one attached hydrogen (secondary N) is 1. The fourth-order valence-corrected chi connectivity index (χ4v) is 3.75. The number of aromatic nitrogens is 2. The minimum absolute atomic E-state index is 0.184. The van der Waals surface area contributed by atoms with Crippen LogP contribution in [-0.4, -0.2) is 21.6 Å². The largest absolute Gasteiger partial charge is 0.355 e. The van der Waals surface area contributed by atoms with Crippen molar-refractivity contribution in [2.45, 2.75) is 33.2 Å². The second-order valence-corrected chi connectivity index (χ2v) is 7.19. The molecule has 3 aromatic rings. The standard InChI is InChI=1S/C19H20FN3O3S/c1-3-4-8-21-16(24)11-22-15-7-9-27-17(15)18(25)23(19(22)26)14-6-5-13(20)10-12(14)2/h5-7,9-10H,3-4,8,11H2,1-2H3,(H,21,24). The van der Waals surface area contributed by atoms with Crippen molar-refractivity contribution in [1.82, 2.24) is 14.5 Å². The molecule has 6 nitrogen and oxygen atoms in total. The summed E-state index contributed by atoms with van der Waals surface area (Å²) < 4.78 is 16.1. The number of amides is 1. The molecule has 0 atom stereocenters. The van der Waals surface area contributed by atoms with Gasteiger partial charge in [0.15, 0.2) is 0 Å². The van der Waals surface area contributed by atoms with E-state index in [1.54, 1.807) is 18.4 Å². The maximum absolute atomic E-state index is 13.4. The van der Waals surface area contributed by atoms with Crippen LogP contribution < -0.4 is 16.6 Å². The second-order valence-electron chi connectivity index (χ2n) is 6.28. The number of carbonyl (C=O) groups excluding carboxylic acids is 1. The highest BCUT2D eigenvalue weighted by Gasteiger charge is 2.18. The lowest BCUT2D eigenvalue weighted by molar-refractivity contribution is -0.121. The third-order valence-electron chi connectivity index (χ3n) is 4.31. The van der Waals surface area contributed by atoms with E-state index in [1.165, 1.54) is 34.1 Å². The molecule has 0 bridgehead atoms. The number of halogens is 1. The number of nitrogens with zero attached hydrogens (tertiary/aromatic N) is 2. The van der Waals surface area contributed by atoms with E-state index in [9.17, 15) is 18.8 Å². The van der Waals surface area contributed by atoms with Gasteiger partial charge in [0, 0.05) is 6.54 Å². The molecule has 1 aromatic carbocycles. The number of rotatable bonds is 6. The minimum Gasteiger partial charge on any atom is -0.355 e. The molecule has 3 rings (SSSR count). The molecule has 0 spiro atoms. The van der Waals surface area contributed by atoms with Crippen LogP contribution in [0.3, 0.4) is 0 Å². The zero-order chi connectivity index (χ0) is 19.6. The fourth-order valence-electron chi connectivity index (χ4n) is 2.93. The molecule has 0 aliphatic heterocycles. The molecule has 2 heterocycles. The number of fused-ring (bicyclic) bond motifs is 1. The molecule has 0 fully saturated rings. The summed E-state index contributed by atoms with van der Waals surface area (Å²) in [5, 5.41) is 4.48. The van der Waals surface area contributed by atoms with Gasteiger partial charge in [-0.15, -0.1) is 11.3 Å². The molecule has 142 valence electrons. The van der Waals surface area contributed by atoms with E-state index in [1.807, 2.05) is 6.92 Å². The van der Waals surface area contributed by atoms with Gasteiger partial charge in [-0.1, -0.05) is 13.3 Å². The van der Waals surface area contributed by atoms with Crippen molar-refractivity contribution in [1.29, 1.82) is 0 Å². The van der Waals surface area contributed by atoms with E-state index >= 15 is 0 Å². The predicted octanol–water partition coefficient (Wildman–Crippen LogP) is 2.58. The summed E-state index contributed by atoms with van der Waals surface area (Å²) in [6.45, 7) is 4.00. The van der Waals surface area contributed by atoms with Crippen molar-refractivity contribution in [2.24, 2.45) is 0 Å². The summed E-state index contributed by atoms with van der Waals surface area (Å²) in [4.78, 5) is 38.2. The van der Waals surface area contributed by atoms with Crippen molar-refractivity contribution >= 4 is 27.5 Å². The van der Waals surface area contributed by atoms with Gasteiger partial charge in [-0.05, 0) is 48.6 Å². The highest BCUT2D eigenvalue weighted by molar-refractivity contribution is 7.17. The first-order valence-electron chi connectivity index (χ1n) is 8.70. The van der Waals surface area contributed by atoms with Gasteiger partial charge < -0.3 is 5.32 Å². The molecular weight excluding hydrogens is 369 g/mol. The first-order valence-corrected chi connectivity index (χ1v) is 9.58. The molecule has 0 aliphatic carbocycles. The maximum Gasteiger partial charge on any atom is 0.336 e. The number of aryl methyl sites for hydroxylation is 1. The Balaban J connectivity index is 2.14. The van der Waals surface area contributed by atoms with Crippen LogP contribution in [0.2, 0.25) is 0 Å². The summed E-state index contributed by atoms with van der Waals surface area (Å²) in [5.74, 6) is -0.740. The Kier molecular flexibility index (Phi) is 5.55. The van der Waals surface area contributed by atoms with Gasteiger partial charge in [-0.3, -0.25) is 14.2 Å². The van der Waals surface area contributed by atoms with Gasteiger partial charge in [0.05, 0.1) is 11.2 Å². The highest BCUT2D eigenvalue weighted by Crippen LogP contribution is 2.18. The van der Waals surface area contributed by atoms with E-state index in [2.05, 4.69) is 5.32 Å². The molecule has 0 radical (unpaired) electrons. The lowest BCUT2D eigenvalue weighted by Crippen LogP contribution is -2.41. The topological polar surface area (TPSA) is 73.1 Å². The van der Waals surface area contributed by atoms with Gasteiger partial charge in [-0.25, -0.2) is 13.8 Å². The molecule has 1 amide bonds. The molecular formula is C19H20FN3O3S. The summed E-state index contributed by atoms with van der Waals surface area (Å²) in [5.41, 5.74) is 0.108. The van der Waals surface area contributed by atoms with Crippen molar-refractivity contribution in [3.63, 3.8) is 0 Å². The quantitative estimate of drug-likeness (QED) is 0.659. The van der Waals surface area contributed by atoms with E-state index in [4.69, 9.17) is 0 Å². The van der Waals surface area contributed by atoms with Crippen LogP contribution in [0.15, 0.2) is 39.2 Å². The van der Waals surface area contributed by atoms with Crippen molar-refractivity contribution in [3.8, 4) is 5.69 Å². The zero-order valence-corrected chi connectivity index (χ0v) is 15.9. The van der Waals surface area contributed by atoms with Crippen LogP contribution in [0.25, 0.3) is 15.9 Å². The second kappa shape index (κ2) is 7.87. The lowest BCUT2D eigenvalue weighted by Gasteiger charge is -2.14. The Hall–Kier alpha value is -2.74. The van der Waals surface area contributed by atoms with E-state index < -0.39 is 17.1 Å². The van der Waals surface area contributed by atoms with Crippen LogP contribution >= 0.6 is 11.3 Å². The number of thiophene rings is 1. The summed E-state index contributed by atoms with van der Waals surface area (Å²) in [6.07, 6.45) is 1.80. The van der Waals surface area contributed by atoms with Crippen LogP contribution in [0.4, 0.5) is 4.39 Å². The summed E-state index contributed by atoms with van der Waals surface area (Å²) in [7, 11) is 0. The molecule has 0 saturated heterocycles. The summed E-state index contributed by atoms with van der Waals surface area (Å²) in [6, 6.07) is 5.53. The van der Waals surface area contributed by atoms with Crippen molar-refractivity contribution in [2.75, 3.05) is 6.54 Å². The maximum atomic E-state index is 13.4. The van der Waals surface area contributed by atoms with Gasteiger partial charge in [0.1, 0.15) is 17.1 Å². The minimum atomic E-state index is -0.619. The molecule has 0 aliphatic rings. The van der Waals surface area contributed by atoms with Gasteiger partial charge >= 0.3 is 5.69 Å². The monoisotopic (exact) mass is 389 g/mol. The lowest BCUT2D eigenvalue weighted by atomic mass is 10.2. The van der Waals surface area contributed by atoms with Gasteiger partial charge in [0.2, 0.25) is 5.91 Å². The van der Waals surface area contributed by atoms with Crippen LogP contribution in [0, 0.1) is 12.7 Å². The van der Waals surface area contributed by atoms with Gasteiger partial charge in [-0.2, -0.15) is 0 Å². The van der Waals surface area contributed by atoms with Crippen molar-refractivity contribution in [3.05, 3.63) is 61.9 Å². The van der Waals surface area contributed by atoms with E-state index in [0.717, 1.165) is 17.4 Å². The first-order chi connectivity index (χ1) is 12.9. The predicted molar refractivity (Wildman–Crippen MR) is 104 cm³/mol. The average molecular weight is 389 g/mol. The Morgan fingerprint density at radius 3 is 2.74 bits per heavy atom. The molecule has 8 heteroatoms. The third-order valence-corrected chi connectivity index (χ3v) is 5.20. The molecule has 27 heavy (non-hydrogen) atoms. The molecule has 1 N–H and O–H groups in total. The van der Waals surface area contributed by atoms with Crippen LogP contribution in [-0.2, 0) is 11.3 Å². The fraction of sp³-hybridized carbons (Fsp3) is 0.316. The summed E-state index contributed by atoms with van der Waals surface area (Å²) >= 11 is 1.20. The first kappa shape index (κ1) is 19.0. The number of hydrogen-bond acceptors (Lipinski definition) is 4. The van der Waals surface area contributed by atoms with Crippen LogP contribution in [0.5, 0.6) is 0 Å². The SMILES string of the molecule is CCCCNC(=O)Cn1c(=O)n(-c2ccc(F)cc2C)c(=O)c2sccc21. The highest BCUT2D eigenvalue weighted by atomic mass is 32.1.